The monoisotopic (exact) mass is 151 g/mol. The molecule has 0 aliphatic carbocycles. The van der Waals surface area contributed by atoms with Crippen LogP contribution >= 0.6 is 0 Å². The Hall–Kier alpha value is -0.220. The van der Waals surface area contributed by atoms with Gasteiger partial charge in [0, 0.05) is 13.1 Å². The fraction of sp³-hybridized carbons (Fsp3) is 1.00. The van der Waals surface area contributed by atoms with Gasteiger partial charge in [0.1, 0.15) is 0 Å². The number of nitrogens with zero attached hydrogens (tertiary/aromatic N) is 1. The molecule has 1 aliphatic rings. The smallest absolute Gasteiger partial charge is 0.245 e. The van der Waals surface area contributed by atoms with E-state index in [2.05, 4.69) is 0 Å². The summed E-state index contributed by atoms with van der Waals surface area (Å²) in [4.78, 5) is 1.71. The lowest BCUT2D eigenvalue weighted by molar-refractivity contribution is 0.0202. The van der Waals surface area contributed by atoms with E-state index in [4.69, 9.17) is 5.11 Å². The number of aliphatic hydroxyl groups is 1. The summed E-state index contributed by atoms with van der Waals surface area (Å²) in [6.45, 7) is 0.674. The quantitative estimate of drug-likeness (QED) is 0.577. The van der Waals surface area contributed by atoms with Crippen molar-refractivity contribution >= 4 is 0 Å². The largest absolute Gasteiger partial charge is 0.391 e. The molecule has 0 bridgehead atoms. The molecule has 0 aromatic rings. The summed E-state index contributed by atoms with van der Waals surface area (Å²) in [6.07, 6.45) is -3.23. The van der Waals surface area contributed by atoms with E-state index in [1.807, 2.05) is 0 Å². The van der Waals surface area contributed by atoms with Gasteiger partial charge >= 0.3 is 0 Å². The van der Waals surface area contributed by atoms with Gasteiger partial charge in [-0.1, -0.05) is 0 Å². The molecular formula is C6H11F2NO. The first kappa shape index (κ1) is 7.88. The highest BCUT2D eigenvalue weighted by Gasteiger charge is 2.35. The topological polar surface area (TPSA) is 23.5 Å². The van der Waals surface area contributed by atoms with E-state index >= 15 is 0 Å². The highest BCUT2D eigenvalue weighted by atomic mass is 19.3. The minimum atomic E-state index is -2.39. The van der Waals surface area contributed by atoms with Crippen molar-refractivity contribution in [2.24, 2.45) is 5.92 Å². The van der Waals surface area contributed by atoms with Gasteiger partial charge < -0.3 is 10.0 Å². The lowest BCUT2D eigenvalue weighted by Crippen LogP contribution is -2.24. The van der Waals surface area contributed by atoms with E-state index in [-0.39, 0.29) is 0 Å². The summed E-state index contributed by atoms with van der Waals surface area (Å²) in [6, 6.07) is 0. The molecule has 1 saturated heterocycles. The number of hydrogen-bond donors (Lipinski definition) is 1. The third kappa shape index (κ3) is 1.44. The van der Waals surface area contributed by atoms with E-state index < -0.39 is 18.4 Å². The predicted octanol–water partition coefficient (Wildman–Crippen LogP) is 0.174. The number of likely N-dealkylation sites (tertiary alicyclic amines) is 1. The summed E-state index contributed by atoms with van der Waals surface area (Å²) < 4.78 is 24.0. The van der Waals surface area contributed by atoms with Crippen LogP contribution in [0.4, 0.5) is 8.78 Å². The van der Waals surface area contributed by atoms with Gasteiger partial charge in [-0.3, -0.25) is 0 Å². The average molecular weight is 151 g/mol. The third-order valence-corrected chi connectivity index (χ3v) is 1.84. The van der Waals surface area contributed by atoms with Crippen molar-refractivity contribution in [2.45, 2.75) is 12.5 Å². The van der Waals surface area contributed by atoms with Crippen molar-refractivity contribution in [1.29, 1.82) is 0 Å². The van der Waals surface area contributed by atoms with E-state index in [0.717, 1.165) is 0 Å². The van der Waals surface area contributed by atoms with Crippen LogP contribution in [0.3, 0.4) is 0 Å². The van der Waals surface area contributed by atoms with Crippen LogP contribution in [0.5, 0.6) is 0 Å². The fourth-order valence-corrected chi connectivity index (χ4v) is 1.26. The van der Waals surface area contributed by atoms with Crippen molar-refractivity contribution in [3.63, 3.8) is 0 Å². The summed E-state index contributed by atoms with van der Waals surface area (Å²) in [7, 11) is 1.73. The Morgan fingerprint density at radius 2 is 2.10 bits per heavy atom. The van der Waals surface area contributed by atoms with Crippen LogP contribution in [0.15, 0.2) is 0 Å². The normalized spacial score (nSPS) is 35.7. The van der Waals surface area contributed by atoms with Crippen LogP contribution < -0.4 is 0 Å². The van der Waals surface area contributed by atoms with Crippen molar-refractivity contribution < 1.29 is 13.9 Å². The van der Waals surface area contributed by atoms with E-state index in [0.29, 0.717) is 13.1 Å². The van der Waals surface area contributed by atoms with Crippen LogP contribution in [0.2, 0.25) is 0 Å². The number of halogens is 2. The van der Waals surface area contributed by atoms with Crippen molar-refractivity contribution in [1.82, 2.24) is 4.90 Å². The van der Waals surface area contributed by atoms with Gasteiger partial charge in [-0.15, -0.1) is 0 Å². The van der Waals surface area contributed by atoms with E-state index in [1.54, 1.807) is 11.9 Å². The Morgan fingerprint density at radius 3 is 2.30 bits per heavy atom. The molecule has 4 heteroatoms. The van der Waals surface area contributed by atoms with Gasteiger partial charge in [0.05, 0.1) is 12.0 Å². The molecule has 2 atom stereocenters. The molecule has 0 aromatic carbocycles. The molecular weight excluding hydrogens is 140 g/mol. The molecule has 10 heavy (non-hydrogen) atoms. The van der Waals surface area contributed by atoms with Crippen molar-refractivity contribution in [2.75, 3.05) is 20.1 Å². The van der Waals surface area contributed by atoms with Crippen LogP contribution in [-0.2, 0) is 0 Å². The number of likely N-dealkylation sites (N-methyl/N-ethyl adjacent to an activating group) is 1. The SMILES string of the molecule is CN1C[C@H](O)[C@H](C(F)F)C1. The number of alkyl halides is 2. The molecule has 60 valence electrons. The maximum atomic E-state index is 12.0. The maximum absolute atomic E-state index is 12.0. The molecule has 1 N–H and O–H groups in total. The van der Waals surface area contributed by atoms with E-state index in [1.165, 1.54) is 0 Å². The molecule has 0 aromatic heterocycles. The van der Waals surface area contributed by atoms with Crippen LogP contribution in [0.25, 0.3) is 0 Å². The highest BCUT2D eigenvalue weighted by molar-refractivity contribution is 4.82. The Morgan fingerprint density at radius 1 is 1.50 bits per heavy atom. The molecule has 0 radical (unpaired) electrons. The second kappa shape index (κ2) is 2.80. The summed E-state index contributed by atoms with van der Waals surface area (Å²) in [5, 5.41) is 9.01. The van der Waals surface area contributed by atoms with E-state index in [9.17, 15) is 8.78 Å². The second-order valence-electron chi connectivity index (χ2n) is 2.79. The number of rotatable bonds is 1. The zero-order valence-electron chi connectivity index (χ0n) is 5.80. The minimum absolute atomic E-state index is 0.304. The Bertz CT molecular complexity index is 120. The van der Waals surface area contributed by atoms with Gasteiger partial charge in [-0.25, -0.2) is 8.78 Å². The van der Waals surface area contributed by atoms with Gasteiger partial charge in [-0.2, -0.15) is 0 Å². The molecule has 0 saturated carbocycles. The fourth-order valence-electron chi connectivity index (χ4n) is 1.26. The first-order valence-electron chi connectivity index (χ1n) is 3.26. The maximum Gasteiger partial charge on any atom is 0.245 e. The van der Waals surface area contributed by atoms with Crippen molar-refractivity contribution in [3.05, 3.63) is 0 Å². The first-order chi connectivity index (χ1) is 4.61. The van der Waals surface area contributed by atoms with Crippen molar-refractivity contribution in [3.8, 4) is 0 Å². The van der Waals surface area contributed by atoms with Gasteiger partial charge in [0.15, 0.2) is 0 Å². The number of β-amino-alcohol motifs (C(OH)–C–C–N with tert-alkyl or cyclic N) is 1. The minimum Gasteiger partial charge on any atom is -0.391 e. The predicted molar refractivity (Wildman–Crippen MR) is 33.0 cm³/mol. The summed E-state index contributed by atoms with van der Waals surface area (Å²) in [5.74, 6) is -0.843. The Labute approximate surface area is 58.4 Å². The molecule has 0 amide bonds. The van der Waals surface area contributed by atoms with Crippen LogP contribution in [0.1, 0.15) is 0 Å². The first-order valence-corrected chi connectivity index (χ1v) is 3.26. The van der Waals surface area contributed by atoms with Crippen LogP contribution in [-0.4, -0.2) is 42.7 Å². The molecule has 2 nitrogen and oxygen atoms in total. The molecule has 1 heterocycles. The van der Waals surface area contributed by atoms with Gasteiger partial charge in [-0.05, 0) is 7.05 Å². The Kier molecular flexibility index (Phi) is 2.21. The molecule has 0 spiro atoms. The molecule has 1 fully saturated rings. The summed E-state index contributed by atoms with van der Waals surface area (Å²) in [5.41, 5.74) is 0. The standard InChI is InChI=1S/C6H11F2NO/c1-9-2-4(6(7)8)5(10)3-9/h4-6,10H,2-3H2,1H3/t4-,5+/m1/s1. The second-order valence-corrected chi connectivity index (χ2v) is 2.79. The molecule has 1 rings (SSSR count). The van der Waals surface area contributed by atoms with Gasteiger partial charge in [0.25, 0.3) is 0 Å². The third-order valence-electron chi connectivity index (χ3n) is 1.84. The molecule has 0 unspecified atom stereocenters. The zero-order chi connectivity index (χ0) is 7.72. The lowest BCUT2D eigenvalue weighted by Gasteiger charge is -2.10. The highest BCUT2D eigenvalue weighted by Crippen LogP contribution is 2.21. The number of hydrogen-bond acceptors (Lipinski definition) is 2. The summed E-state index contributed by atoms with van der Waals surface area (Å²) >= 11 is 0. The van der Waals surface area contributed by atoms with Gasteiger partial charge in [0.2, 0.25) is 6.43 Å². The zero-order valence-corrected chi connectivity index (χ0v) is 5.80. The lowest BCUT2D eigenvalue weighted by atomic mass is 10.1. The average Bonchev–Trinajstić information content (AvgIpc) is 2.10. The van der Waals surface area contributed by atoms with Crippen LogP contribution in [0, 0.1) is 5.92 Å². The number of aliphatic hydroxyl groups excluding tert-OH is 1. The Balaban J connectivity index is 2.46. The molecule has 1 aliphatic heterocycles.